The lowest BCUT2D eigenvalue weighted by Gasteiger charge is -2.19. The largest absolute Gasteiger partial charge is 0.472 e. The number of hydrogen-bond acceptors (Lipinski definition) is 9. The summed E-state index contributed by atoms with van der Waals surface area (Å²) >= 11 is 0. The van der Waals surface area contributed by atoms with E-state index in [1.54, 1.807) is 0 Å². The number of ether oxygens (including phenoxy) is 3. The first kappa shape index (κ1) is 51.2. The molecule has 4 atom stereocenters. The van der Waals surface area contributed by atoms with Crippen molar-refractivity contribution < 1.29 is 42.3 Å². The molecule has 1 heterocycles. The van der Waals surface area contributed by atoms with Crippen LogP contribution in [0.1, 0.15) is 142 Å². The summed E-state index contributed by atoms with van der Waals surface area (Å²) in [6.45, 7) is 3.50. The van der Waals surface area contributed by atoms with E-state index in [1.807, 2.05) is 12.2 Å². The second kappa shape index (κ2) is 36.5. The van der Waals surface area contributed by atoms with Crippen molar-refractivity contribution in [3.05, 3.63) is 85.1 Å². The van der Waals surface area contributed by atoms with E-state index < -0.39 is 32.5 Å². The Morgan fingerprint density at radius 2 is 1.07 bits per heavy atom. The lowest BCUT2D eigenvalue weighted by atomic mass is 10.1. The van der Waals surface area contributed by atoms with E-state index in [2.05, 4.69) is 86.8 Å². The molecule has 0 spiro atoms. The SMILES string of the molecule is CCCCC/C=C\C/C=C\C/C=C\C/C=C\CCCC(=O)OC[C@H](COP(=O)(O)OCCN)OC(=O)CCC/C=C\CC1OC1C/C=C\C/C=C\CCCCC. The van der Waals surface area contributed by atoms with Crippen LogP contribution in [0.3, 0.4) is 0 Å². The maximum atomic E-state index is 12.6. The van der Waals surface area contributed by atoms with Crippen molar-refractivity contribution >= 4 is 19.8 Å². The Kier molecular flexibility index (Phi) is 33.3. The number of nitrogens with two attached hydrogens (primary N) is 1. The zero-order valence-electron chi connectivity index (χ0n) is 34.5. The molecule has 1 rings (SSSR count). The molecule has 11 heteroatoms. The molecular formula is C45H74NO9P. The van der Waals surface area contributed by atoms with Gasteiger partial charge in [-0.05, 0) is 89.9 Å². The Bertz CT molecular complexity index is 1260. The maximum Gasteiger partial charge on any atom is 0.472 e. The van der Waals surface area contributed by atoms with Crippen LogP contribution in [0.15, 0.2) is 85.1 Å². The molecule has 0 radical (unpaired) electrons. The topological polar surface area (TPSA) is 147 Å². The molecule has 0 saturated carbocycles. The number of carbonyl (C=O) groups excluding carboxylic acids is 2. The summed E-state index contributed by atoms with van der Waals surface area (Å²) in [6.07, 6.45) is 47.9. The molecular weight excluding hydrogens is 729 g/mol. The van der Waals surface area contributed by atoms with E-state index in [4.69, 9.17) is 29.0 Å². The van der Waals surface area contributed by atoms with Crippen LogP contribution >= 0.6 is 7.82 Å². The Morgan fingerprint density at radius 1 is 0.625 bits per heavy atom. The highest BCUT2D eigenvalue weighted by Crippen LogP contribution is 2.43. The van der Waals surface area contributed by atoms with Crippen molar-refractivity contribution in [3.8, 4) is 0 Å². The van der Waals surface area contributed by atoms with Crippen molar-refractivity contribution in [2.45, 2.75) is 161 Å². The fourth-order valence-corrected chi connectivity index (χ4v) is 6.13. The molecule has 0 amide bonds. The number of unbranched alkanes of at least 4 members (excludes halogenated alkanes) is 8. The fraction of sp³-hybridized carbons (Fsp3) is 0.644. The van der Waals surface area contributed by atoms with E-state index >= 15 is 0 Å². The Labute approximate surface area is 339 Å². The standard InChI is InChI=1S/C45H74NO9P/c1-3-5-7-9-11-13-14-15-16-17-18-19-20-22-24-26-31-35-44(47)51-39-41(40-53-56(49,50)52-38-37-46)54-45(48)36-32-28-27-30-34-43-42(55-43)33-29-25-23-21-12-10-8-6-4-2/h11-13,15-16,18-19,21-22,24-25,27,29-30,41-43H,3-10,14,17,20,23,26,28,31-40,46H2,1-2H3,(H,49,50)/b13-11-,16-15-,19-18-,21-12-,24-22-,29-25-,30-27-/t41-,42?,43?/m1/s1. The number of esters is 2. The van der Waals surface area contributed by atoms with Crippen LogP contribution in [-0.4, -0.2) is 61.5 Å². The second-order valence-electron chi connectivity index (χ2n) is 13.9. The van der Waals surface area contributed by atoms with Crippen LogP contribution in [0.25, 0.3) is 0 Å². The Morgan fingerprint density at radius 3 is 1.59 bits per heavy atom. The second-order valence-corrected chi connectivity index (χ2v) is 15.3. The lowest BCUT2D eigenvalue weighted by Crippen LogP contribution is -2.29. The first-order chi connectivity index (χ1) is 27.3. The third kappa shape index (κ3) is 33.3. The van der Waals surface area contributed by atoms with Gasteiger partial charge < -0.3 is 24.8 Å². The van der Waals surface area contributed by atoms with E-state index in [9.17, 15) is 19.0 Å². The molecule has 1 fully saturated rings. The summed E-state index contributed by atoms with van der Waals surface area (Å²) in [4.78, 5) is 34.9. The van der Waals surface area contributed by atoms with Gasteiger partial charge in [-0.15, -0.1) is 0 Å². The van der Waals surface area contributed by atoms with E-state index in [0.29, 0.717) is 19.3 Å². The minimum atomic E-state index is -4.42. The normalized spacial score (nSPS) is 17.8. The molecule has 3 N–H and O–H groups in total. The zero-order chi connectivity index (χ0) is 40.8. The van der Waals surface area contributed by atoms with Crippen molar-refractivity contribution in [2.75, 3.05) is 26.4 Å². The molecule has 56 heavy (non-hydrogen) atoms. The van der Waals surface area contributed by atoms with Gasteiger partial charge in [0.05, 0.1) is 25.4 Å². The molecule has 0 aliphatic carbocycles. The minimum absolute atomic E-state index is 0.0302. The van der Waals surface area contributed by atoms with Gasteiger partial charge in [0.2, 0.25) is 0 Å². The lowest BCUT2D eigenvalue weighted by molar-refractivity contribution is -0.161. The van der Waals surface area contributed by atoms with Crippen LogP contribution < -0.4 is 5.73 Å². The van der Waals surface area contributed by atoms with Crippen molar-refractivity contribution in [1.82, 2.24) is 0 Å². The summed E-state index contributed by atoms with van der Waals surface area (Å²) in [5.41, 5.74) is 5.34. The van der Waals surface area contributed by atoms with Crippen molar-refractivity contribution in [3.63, 3.8) is 0 Å². The van der Waals surface area contributed by atoms with Gasteiger partial charge in [0.25, 0.3) is 0 Å². The average molecular weight is 804 g/mol. The van der Waals surface area contributed by atoms with Gasteiger partial charge in [-0.1, -0.05) is 125 Å². The summed E-state index contributed by atoms with van der Waals surface area (Å²) in [7, 11) is -4.42. The molecule has 0 aromatic carbocycles. The molecule has 0 aromatic rings. The van der Waals surface area contributed by atoms with E-state index in [-0.39, 0.29) is 44.8 Å². The van der Waals surface area contributed by atoms with Gasteiger partial charge in [0.15, 0.2) is 6.10 Å². The summed E-state index contributed by atoms with van der Waals surface area (Å²) in [5, 5.41) is 0. The highest BCUT2D eigenvalue weighted by Gasteiger charge is 2.36. The van der Waals surface area contributed by atoms with E-state index in [1.165, 1.54) is 44.9 Å². The molecule has 10 nitrogen and oxygen atoms in total. The number of epoxide rings is 1. The Hall–Kier alpha value is -2.85. The third-order valence-electron chi connectivity index (χ3n) is 8.66. The molecule has 1 saturated heterocycles. The number of rotatable bonds is 37. The van der Waals surface area contributed by atoms with Crippen LogP contribution in [0.4, 0.5) is 0 Å². The fourth-order valence-electron chi connectivity index (χ4n) is 5.36. The van der Waals surface area contributed by atoms with E-state index in [0.717, 1.165) is 51.4 Å². The van der Waals surface area contributed by atoms with Crippen molar-refractivity contribution in [1.29, 1.82) is 0 Å². The predicted octanol–water partition coefficient (Wildman–Crippen LogP) is 11.0. The molecule has 3 unspecified atom stereocenters. The average Bonchev–Trinajstić information content (AvgIpc) is 3.94. The molecule has 1 aliphatic rings. The van der Waals surface area contributed by atoms with Crippen LogP contribution in [0.5, 0.6) is 0 Å². The smallest absolute Gasteiger partial charge is 0.462 e. The zero-order valence-corrected chi connectivity index (χ0v) is 35.4. The first-order valence-corrected chi connectivity index (χ1v) is 22.7. The first-order valence-electron chi connectivity index (χ1n) is 21.2. The summed E-state index contributed by atoms with van der Waals surface area (Å²) in [5.74, 6) is -0.978. The van der Waals surface area contributed by atoms with Gasteiger partial charge in [0.1, 0.15) is 6.61 Å². The number of hydrogen-bond donors (Lipinski definition) is 2. The van der Waals surface area contributed by atoms with Gasteiger partial charge in [-0.3, -0.25) is 18.6 Å². The van der Waals surface area contributed by atoms with Gasteiger partial charge in [-0.25, -0.2) is 4.57 Å². The third-order valence-corrected chi connectivity index (χ3v) is 9.64. The number of phosphoric ester groups is 1. The highest BCUT2D eigenvalue weighted by molar-refractivity contribution is 7.47. The van der Waals surface area contributed by atoms with Crippen LogP contribution in [0, 0.1) is 0 Å². The molecule has 0 aromatic heterocycles. The number of allylic oxidation sites excluding steroid dienone is 12. The Balaban J connectivity index is 2.30. The molecule has 0 bridgehead atoms. The van der Waals surface area contributed by atoms with Gasteiger partial charge in [0, 0.05) is 19.4 Å². The summed E-state index contributed by atoms with van der Waals surface area (Å²) < 4.78 is 38.4. The van der Waals surface area contributed by atoms with Gasteiger partial charge in [-0.2, -0.15) is 0 Å². The van der Waals surface area contributed by atoms with Crippen molar-refractivity contribution in [2.24, 2.45) is 5.73 Å². The molecule has 1 aliphatic heterocycles. The van der Waals surface area contributed by atoms with Crippen LogP contribution in [0.2, 0.25) is 0 Å². The highest BCUT2D eigenvalue weighted by atomic mass is 31.2. The van der Waals surface area contributed by atoms with Gasteiger partial charge >= 0.3 is 19.8 Å². The predicted molar refractivity (Wildman–Crippen MR) is 228 cm³/mol. The quantitative estimate of drug-likeness (QED) is 0.0204. The minimum Gasteiger partial charge on any atom is -0.462 e. The number of phosphoric acid groups is 1. The monoisotopic (exact) mass is 804 g/mol. The number of carbonyl (C=O) groups is 2. The summed E-state index contributed by atoms with van der Waals surface area (Å²) in [6, 6.07) is 0. The molecule has 318 valence electrons. The van der Waals surface area contributed by atoms with Crippen LogP contribution in [-0.2, 0) is 37.4 Å². The maximum absolute atomic E-state index is 12.6.